The highest BCUT2D eigenvalue weighted by Crippen LogP contribution is 2.29. The first kappa shape index (κ1) is 17.1. The summed E-state index contributed by atoms with van der Waals surface area (Å²) in [5.41, 5.74) is 0. The van der Waals surface area contributed by atoms with Crippen LogP contribution in [0.1, 0.15) is 25.7 Å². The molecule has 0 aromatic carbocycles. The van der Waals surface area contributed by atoms with E-state index in [1.165, 1.54) is 0 Å². The molecule has 8 heteroatoms. The van der Waals surface area contributed by atoms with Gasteiger partial charge in [-0.3, -0.25) is 9.68 Å². The van der Waals surface area contributed by atoms with Crippen LogP contribution in [-0.2, 0) is 33.9 Å². The van der Waals surface area contributed by atoms with Gasteiger partial charge in [-0.2, -0.15) is 4.89 Å². The SMILES string of the molecule is C=CC(=O)OCCOOOC(=O)C1CCC(C(=O)O)CC1. The van der Waals surface area contributed by atoms with Gasteiger partial charge in [0.25, 0.3) is 0 Å². The zero-order valence-corrected chi connectivity index (χ0v) is 11.5. The molecule has 1 aliphatic carbocycles. The number of carbonyl (C=O) groups excluding carboxylic acids is 2. The molecule has 1 saturated carbocycles. The summed E-state index contributed by atoms with van der Waals surface area (Å²) in [6.45, 7) is 3.05. The highest BCUT2D eigenvalue weighted by Gasteiger charge is 2.31. The minimum Gasteiger partial charge on any atom is -0.481 e. The lowest BCUT2D eigenvalue weighted by Gasteiger charge is -2.23. The summed E-state index contributed by atoms with van der Waals surface area (Å²) in [4.78, 5) is 42.0. The van der Waals surface area contributed by atoms with Crippen LogP contribution < -0.4 is 0 Å². The highest BCUT2D eigenvalue weighted by atomic mass is 17.5. The Morgan fingerprint density at radius 2 is 1.71 bits per heavy atom. The van der Waals surface area contributed by atoms with Gasteiger partial charge in [-0.05, 0) is 30.7 Å². The maximum absolute atomic E-state index is 11.6. The van der Waals surface area contributed by atoms with Crippen LogP contribution >= 0.6 is 0 Å². The molecule has 0 heterocycles. The average Bonchev–Trinajstić information content (AvgIpc) is 2.50. The Balaban J connectivity index is 2.08. The molecule has 0 aromatic heterocycles. The minimum atomic E-state index is -0.838. The quantitative estimate of drug-likeness (QED) is 0.233. The molecule has 1 fully saturated rings. The van der Waals surface area contributed by atoms with Crippen molar-refractivity contribution < 1.29 is 39.0 Å². The summed E-state index contributed by atoms with van der Waals surface area (Å²) >= 11 is 0. The summed E-state index contributed by atoms with van der Waals surface area (Å²) in [7, 11) is 0. The van der Waals surface area contributed by atoms with E-state index < -0.39 is 23.8 Å². The minimum absolute atomic E-state index is 0.0634. The summed E-state index contributed by atoms with van der Waals surface area (Å²) in [5.74, 6) is -2.81. The van der Waals surface area contributed by atoms with Crippen molar-refractivity contribution in [2.45, 2.75) is 25.7 Å². The van der Waals surface area contributed by atoms with Gasteiger partial charge in [-0.1, -0.05) is 6.58 Å². The number of aliphatic carboxylic acids is 1. The molecule has 0 unspecified atom stereocenters. The molecule has 1 N–H and O–H groups in total. The molecule has 8 nitrogen and oxygen atoms in total. The van der Waals surface area contributed by atoms with Gasteiger partial charge in [0.2, 0.25) is 0 Å². The molecule has 0 aromatic rings. The lowest BCUT2D eigenvalue weighted by molar-refractivity contribution is -0.488. The van der Waals surface area contributed by atoms with Crippen molar-refractivity contribution in [2.24, 2.45) is 11.8 Å². The van der Waals surface area contributed by atoms with Crippen LogP contribution in [0.15, 0.2) is 12.7 Å². The average molecular weight is 302 g/mol. The van der Waals surface area contributed by atoms with Gasteiger partial charge in [0.1, 0.15) is 13.2 Å². The number of ether oxygens (including phenoxy) is 1. The first-order valence-electron chi connectivity index (χ1n) is 6.56. The van der Waals surface area contributed by atoms with E-state index in [-0.39, 0.29) is 19.1 Å². The Morgan fingerprint density at radius 3 is 2.29 bits per heavy atom. The largest absolute Gasteiger partial charge is 0.481 e. The fourth-order valence-electron chi connectivity index (χ4n) is 1.97. The molecule has 0 saturated heterocycles. The predicted octanol–water partition coefficient (Wildman–Crippen LogP) is 1.01. The Hall–Kier alpha value is -1.93. The van der Waals surface area contributed by atoms with Gasteiger partial charge in [0.05, 0.1) is 11.8 Å². The molecule has 21 heavy (non-hydrogen) atoms. The number of carboxylic acids is 1. The van der Waals surface area contributed by atoms with E-state index in [2.05, 4.69) is 26.1 Å². The second-order valence-electron chi connectivity index (χ2n) is 4.55. The highest BCUT2D eigenvalue weighted by molar-refractivity contribution is 5.81. The molecule has 1 rings (SSSR count). The molecule has 118 valence electrons. The maximum Gasteiger partial charge on any atom is 0.348 e. The van der Waals surface area contributed by atoms with Crippen molar-refractivity contribution in [2.75, 3.05) is 13.2 Å². The van der Waals surface area contributed by atoms with Crippen molar-refractivity contribution in [3.63, 3.8) is 0 Å². The third-order valence-corrected chi connectivity index (χ3v) is 3.15. The van der Waals surface area contributed by atoms with E-state index in [1.807, 2.05) is 0 Å². The van der Waals surface area contributed by atoms with E-state index in [0.29, 0.717) is 25.7 Å². The Labute approximate surface area is 121 Å². The number of carboxylic acid groups (broad SMARTS) is 1. The maximum atomic E-state index is 11.6. The van der Waals surface area contributed by atoms with Crippen molar-refractivity contribution in [3.8, 4) is 0 Å². The smallest absolute Gasteiger partial charge is 0.348 e. The van der Waals surface area contributed by atoms with Crippen LogP contribution in [-0.4, -0.2) is 36.2 Å². The third-order valence-electron chi connectivity index (χ3n) is 3.15. The number of rotatable bonds is 8. The molecular weight excluding hydrogens is 284 g/mol. The summed E-state index contributed by atoms with van der Waals surface area (Å²) in [5, 5.41) is 13.1. The van der Waals surface area contributed by atoms with Gasteiger partial charge in [-0.15, -0.1) is 0 Å². The van der Waals surface area contributed by atoms with E-state index in [1.54, 1.807) is 0 Å². The Kier molecular flexibility index (Phi) is 7.41. The number of esters is 1. The normalized spacial score (nSPS) is 21.3. The van der Waals surface area contributed by atoms with Gasteiger partial charge in [0.15, 0.2) is 0 Å². The zero-order chi connectivity index (χ0) is 15.7. The predicted molar refractivity (Wildman–Crippen MR) is 67.4 cm³/mol. The molecule has 0 radical (unpaired) electrons. The molecule has 0 bridgehead atoms. The lowest BCUT2D eigenvalue weighted by Crippen LogP contribution is -2.27. The van der Waals surface area contributed by atoms with Crippen LogP contribution in [0, 0.1) is 11.8 Å². The number of hydrogen-bond acceptors (Lipinski definition) is 7. The van der Waals surface area contributed by atoms with Crippen LogP contribution in [0.4, 0.5) is 0 Å². The topological polar surface area (TPSA) is 108 Å². The number of carbonyl (C=O) groups is 3. The van der Waals surface area contributed by atoms with Crippen molar-refractivity contribution in [3.05, 3.63) is 12.7 Å². The van der Waals surface area contributed by atoms with Gasteiger partial charge >= 0.3 is 17.9 Å². The molecule has 0 atom stereocenters. The van der Waals surface area contributed by atoms with Crippen LogP contribution in [0.3, 0.4) is 0 Å². The first-order valence-corrected chi connectivity index (χ1v) is 6.56. The van der Waals surface area contributed by atoms with Crippen LogP contribution in [0.2, 0.25) is 0 Å². The molecule has 1 aliphatic rings. The second-order valence-corrected chi connectivity index (χ2v) is 4.55. The van der Waals surface area contributed by atoms with Crippen molar-refractivity contribution in [1.82, 2.24) is 0 Å². The van der Waals surface area contributed by atoms with Gasteiger partial charge in [-0.25, -0.2) is 9.59 Å². The summed E-state index contributed by atoms with van der Waals surface area (Å²) in [6.07, 6.45) is 2.77. The van der Waals surface area contributed by atoms with Crippen LogP contribution in [0.5, 0.6) is 0 Å². The Bertz CT molecular complexity index is 384. The fourth-order valence-corrected chi connectivity index (χ4v) is 1.97. The van der Waals surface area contributed by atoms with Crippen molar-refractivity contribution in [1.29, 1.82) is 0 Å². The molecule has 0 spiro atoms. The first-order chi connectivity index (χ1) is 10.0. The zero-order valence-electron chi connectivity index (χ0n) is 11.5. The third kappa shape index (κ3) is 6.37. The van der Waals surface area contributed by atoms with Crippen LogP contribution in [0.25, 0.3) is 0 Å². The summed E-state index contributed by atoms with van der Waals surface area (Å²) < 4.78 is 4.59. The molecular formula is C13H18O8. The Morgan fingerprint density at radius 1 is 1.10 bits per heavy atom. The fraction of sp³-hybridized carbons (Fsp3) is 0.615. The van der Waals surface area contributed by atoms with Crippen molar-refractivity contribution >= 4 is 17.9 Å². The van der Waals surface area contributed by atoms with E-state index in [4.69, 9.17) is 5.11 Å². The second kappa shape index (κ2) is 9.09. The van der Waals surface area contributed by atoms with E-state index in [9.17, 15) is 14.4 Å². The van der Waals surface area contributed by atoms with Gasteiger partial charge < -0.3 is 9.84 Å². The van der Waals surface area contributed by atoms with Gasteiger partial charge in [0, 0.05) is 6.08 Å². The number of hydrogen-bond donors (Lipinski definition) is 1. The standard InChI is InChI=1S/C13H18O8/c1-2-11(14)18-7-8-19-21-20-13(17)10-5-3-9(4-6-10)12(15)16/h2,9-10H,1,3-8H2,(H,15,16). The molecule has 0 amide bonds. The summed E-state index contributed by atoms with van der Waals surface area (Å²) in [6, 6.07) is 0. The molecule has 0 aliphatic heterocycles. The monoisotopic (exact) mass is 302 g/mol. The lowest BCUT2D eigenvalue weighted by atomic mass is 9.82. The van der Waals surface area contributed by atoms with E-state index in [0.717, 1.165) is 6.08 Å². The van der Waals surface area contributed by atoms with E-state index >= 15 is 0 Å².